The Hall–Kier alpha value is -4.00. The predicted octanol–water partition coefficient (Wildman–Crippen LogP) is 4.04. The van der Waals surface area contributed by atoms with Crippen molar-refractivity contribution in [1.29, 1.82) is 0 Å². The van der Waals surface area contributed by atoms with Crippen LogP contribution in [0.1, 0.15) is 21.5 Å². The molecule has 2 aromatic heterocycles. The fourth-order valence-corrected chi connectivity index (χ4v) is 3.13. The number of rotatable bonds is 5. The van der Waals surface area contributed by atoms with Crippen molar-refractivity contribution < 1.29 is 14.3 Å². The number of imidazole rings is 1. The van der Waals surface area contributed by atoms with Crippen molar-refractivity contribution in [2.75, 3.05) is 11.9 Å². The fourth-order valence-electron chi connectivity index (χ4n) is 3.13. The summed E-state index contributed by atoms with van der Waals surface area (Å²) in [5.41, 5.74) is 5.36. The third-order valence-corrected chi connectivity index (χ3v) is 4.64. The van der Waals surface area contributed by atoms with Crippen molar-refractivity contribution in [3.8, 4) is 11.4 Å². The first-order valence-electron chi connectivity index (χ1n) is 9.44. The largest absolute Gasteiger partial charge is 0.452 e. The number of benzene rings is 2. The minimum Gasteiger partial charge on any atom is -0.452 e. The molecule has 0 radical (unpaired) electrons. The van der Waals surface area contributed by atoms with Crippen LogP contribution in [-0.2, 0) is 9.53 Å². The van der Waals surface area contributed by atoms with E-state index >= 15 is 0 Å². The molecule has 2 aromatic carbocycles. The average molecular weight is 400 g/mol. The van der Waals surface area contributed by atoms with Crippen LogP contribution in [0.2, 0.25) is 0 Å². The van der Waals surface area contributed by atoms with E-state index in [9.17, 15) is 9.59 Å². The summed E-state index contributed by atoms with van der Waals surface area (Å²) in [6.07, 6.45) is 3.40. The number of fused-ring (bicyclic) bond motifs is 1. The molecule has 30 heavy (non-hydrogen) atoms. The standard InChI is InChI=1S/C23H20N4O3/c1-14-5-7-18(15(2)10-14)25-21(28)13-30-23(29)16-6-8-19-20(11-16)27-22(26-19)17-4-3-9-24-12-17/h3-12H,13H2,1-2H3,(H,25,28)(H,26,27). The highest BCUT2D eigenvalue weighted by molar-refractivity contribution is 5.97. The van der Waals surface area contributed by atoms with Gasteiger partial charge in [-0.15, -0.1) is 0 Å². The minimum absolute atomic E-state index is 0.336. The van der Waals surface area contributed by atoms with Crippen LogP contribution in [0.15, 0.2) is 60.9 Å². The number of hydrogen-bond acceptors (Lipinski definition) is 5. The Morgan fingerprint density at radius 3 is 2.73 bits per heavy atom. The Balaban J connectivity index is 1.42. The molecule has 4 rings (SSSR count). The molecule has 7 heteroatoms. The van der Waals surface area contributed by atoms with Crippen LogP contribution < -0.4 is 5.32 Å². The van der Waals surface area contributed by atoms with Gasteiger partial charge in [-0.25, -0.2) is 9.78 Å². The number of esters is 1. The molecule has 0 saturated carbocycles. The van der Waals surface area contributed by atoms with Gasteiger partial charge >= 0.3 is 5.97 Å². The SMILES string of the molecule is Cc1ccc(NC(=O)COC(=O)c2ccc3nc(-c4cccnc4)[nH]c3c2)c(C)c1. The molecule has 1 amide bonds. The molecule has 0 bridgehead atoms. The number of aryl methyl sites for hydroxylation is 2. The summed E-state index contributed by atoms with van der Waals surface area (Å²) in [5, 5.41) is 2.76. The van der Waals surface area contributed by atoms with Gasteiger partial charge in [-0.1, -0.05) is 17.7 Å². The third kappa shape index (κ3) is 4.20. The molecule has 2 N–H and O–H groups in total. The topological polar surface area (TPSA) is 97.0 Å². The Labute approximate surface area is 173 Å². The van der Waals surface area contributed by atoms with Crippen LogP contribution in [-0.4, -0.2) is 33.4 Å². The summed E-state index contributed by atoms with van der Waals surface area (Å²) in [7, 11) is 0. The highest BCUT2D eigenvalue weighted by atomic mass is 16.5. The van der Waals surface area contributed by atoms with Crippen LogP contribution in [0, 0.1) is 13.8 Å². The first-order valence-corrected chi connectivity index (χ1v) is 9.44. The first kappa shape index (κ1) is 19.3. The number of nitrogens with zero attached hydrogens (tertiary/aromatic N) is 2. The number of aromatic nitrogens is 3. The van der Waals surface area contributed by atoms with Gasteiger partial charge in [0.25, 0.3) is 5.91 Å². The quantitative estimate of drug-likeness (QED) is 0.493. The Kier molecular flexibility index (Phi) is 5.26. The summed E-state index contributed by atoms with van der Waals surface area (Å²) in [6.45, 7) is 3.53. The molecule has 0 fully saturated rings. The maximum absolute atomic E-state index is 12.4. The molecule has 0 unspecified atom stereocenters. The first-order chi connectivity index (χ1) is 14.5. The monoisotopic (exact) mass is 400 g/mol. The molecule has 150 valence electrons. The van der Waals surface area contributed by atoms with Gasteiger partial charge in [0, 0.05) is 23.6 Å². The van der Waals surface area contributed by atoms with E-state index in [2.05, 4.69) is 20.3 Å². The molecule has 4 aromatic rings. The summed E-state index contributed by atoms with van der Waals surface area (Å²) in [4.78, 5) is 36.3. The number of nitrogens with one attached hydrogen (secondary N) is 2. The fraction of sp³-hybridized carbons (Fsp3) is 0.130. The molecule has 2 heterocycles. The number of ether oxygens (including phenoxy) is 1. The summed E-state index contributed by atoms with van der Waals surface area (Å²) < 4.78 is 5.17. The van der Waals surface area contributed by atoms with Gasteiger partial charge in [-0.05, 0) is 55.8 Å². The molecule has 0 aliphatic heterocycles. The lowest BCUT2D eigenvalue weighted by molar-refractivity contribution is -0.119. The van der Waals surface area contributed by atoms with Crippen molar-refractivity contribution in [2.24, 2.45) is 0 Å². The van der Waals surface area contributed by atoms with E-state index in [4.69, 9.17) is 4.74 Å². The zero-order valence-corrected chi connectivity index (χ0v) is 16.6. The van der Waals surface area contributed by atoms with Gasteiger partial charge in [0.15, 0.2) is 6.61 Å². The van der Waals surface area contributed by atoms with E-state index in [1.54, 1.807) is 30.6 Å². The molecule has 0 aliphatic rings. The summed E-state index contributed by atoms with van der Waals surface area (Å²) in [6, 6.07) is 14.5. The zero-order valence-electron chi connectivity index (χ0n) is 16.6. The van der Waals surface area contributed by atoms with Gasteiger partial charge in [-0.3, -0.25) is 9.78 Å². The predicted molar refractivity (Wildman–Crippen MR) is 114 cm³/mol. The lowest BCUT2D eigenvalue weighted by Crippen LogP contribution is -2.21. The number of pyridine rings is 1. The van der Waals surface area contributed by atoms with Gasteiger partial charge in [-0.2, -0.15) is 0 Å². The van der Waals surface area contributed by atoms with Crippen molar-refractivity contribution in [1.82, 2.24) is 15.0 Å². The van der Waals surface area contributed by atoms with E-state index in [1.807, 2.05) is 44.2 Å². The normalized spacial score (nSPS) is 10.7. The number of hydrogen-bond donors (Lipinski definition) is 2. The highest BCUT2D eigenvalue weighted by Crippen LogP contribution is 2.21. The second-order valence-corrected chi connectivity index (χ2v) is 7.00. The third-order valence-electron chi connectivity index (χ3n) is 4.64. The van der Waals surface area contributed by atoms with Gasteiger partial charge in [0.1, 0.15) is 5.82 Å². The van der Waals surface area contributed by atoms with E-state index in [1.165, 1.54) is 0 Å². The van der Waals surface area contributed by atoms with Gasteiger partial charge < -0.3 is 15.0 Å². The highest BCUT2D eigenvalue weighted by Gasteiger charge is 2.13. The Morgan fingerprint density at radius 2 is 1.97 bits per heavy atom. The van der Waals surface area contributed by atoms with Crippen LogP contribution >= 0.6 is 0 Å². The van der Waals surface area contributed by atoms with E-state index in [-0.39, 0.29) is 6.61 Å². The van der Waals surface area contributed by atoms with Crippen LogP contribution in [0.25, 0.3) is 22.4 Å². The minimum atomic E-state index is -0.579. The number of H-pyrrole nitrogens is 1. The van der Waals surface area contributed by atoms with E-state index in [0.717, 1.165) is 22.2 Å². The molecular formula is C23H20N4O3. The number of carbonyl (C=O) groups excluding carboxylic acids is 2. The molecule has 7 nitrogen and oxygen atoms in total. The Morgan fingerprint density at radius 1 is 1.10 bits per heavy atom. The van der Waals surface area contributed by atoms with Crippen LogP contribution in [0.5, 0.6) is 0 Å². The molecular weight excluding hydrogens is 380 g/mol. The van der Waals surface area contributed by atoms with Gasteiger partial charge in [0.05, 0.1) is 16.6 Å². The molecule has 0 spiro atoms. The smallest absolute Gasteiger partial charge is 0.338 e. The number of amides is 1. The lowest BCUT2D eigenvalue weighted by Gasteiger charge is -2.09. The number of anilines is 1. The second kappa shape index (κ2) is 8.16. The Bertz CT molecular complexity index is 1230. The van der Waals surface area contributed by atoms with Crippen molar-refractivity contribution in [3.63, 3.8) is 0 Å². The zero-order chi connectivity index (χ0) is 21.1. The molecule has 0 aliphatic carbocycles. The molecule has 0 atom stereocenters. The van der Waals surface area contributed by atoms with E-state index < -0.39 is 11.9 Å². The second-order valence-electron chi connectivity index (χ2n) is 7.00. The maximum atomic E-state index is 12.4. The van der Waals surface area contributed by atoms with Crippen molar-refractivity contribution in [3.05, 3.63) is 77.6 Å². The lowest BCUT2D eigenvalue weighted by atomic mass is 10.1. The summed E-state index contributed by atoms with van der Waals surface area (Å²) in [5.74, 6) is -0.307. The van der Waals surface area contributed by atoms with Gasteiger partial charge in [0.2, 0.25) is 0 Å². The number of carbonyl (C=O) groups is 2. The van der Waals surface area contributed by atoms with Crippen molar-refractivity contribution in [2.45, 2.75) is 13.8 Å². The van der Waals surface area contributed by atoms with E-state index in [0.29, 0.717) is 22.6 Å². The van der Waals surface area contributed by atoms with Crippen LogP contribution in [0.3, 0.4) is 0 Å². The molecule has 0 saturated heterocycles. The van der Waals surface area contributed by atoms with Crippen molar-refractivity contribution >= 4 is 28.6 Å². The van der Waals surface area contributed by atoms with Crippen LogP contribution in [0.4, 0.5) is 5.69 Å². The summed E-state index contributed by atoms with van der Waals surface area (Å²) >= 11 is 0. The number of aromatic amines is 1. The maximum Gasteiger partial charge on any atom is 0.338 e. The average Bonchev–Trinajstić information content (AvgIpc) is 3.18.